The van der Waals surface area contributed by atoms with Gasteiger partial charge >= 0.3 is 5.97 Å². The van der Waals surface area contributed by atoms with Crippen LogP contribution in [0.15, 0.2) is 0 Å². The Morgan fingerprint density at radius 2 is 1.26 bits per heavy atom. The second kappa shape index (κ2) is 17.7. The minimum absolute atomic E-state index is 0. The Bertz CT molecular complexity index is 189. The lowest BCUT2D eigenvalue weighted by atomic mass is 10.1. The fraction of sp³-hybridized carbons (Fsp3) is 0.933. The third kappa shape index (κ3) is 17.7. The summed E-state index contributed by atoms with van der Waals surface area (Å²) in [6, 6.07) is 0. The van der Waals surface area contributed by atoms with Gasteiger partial charge in [0.25, 0.3) is 0 Å². The number of ether oxygens (including phenoxy) is 1. The molecule has 0 rings (SSSR count). The van der Waals surface area contributed by atoms with Crippen LogP contribution in [0, 0.1) is 0 Å². The first kappa shape index (κ1) is 21.0. The maximum atomic E-state index is 10.7. The molecule has 0 radical (unpaired) electrons. The number of esters is 1. The minimum Gasteiger partial charge on any atom is -0.465 e. The van der Waals surface area contributed by atoms with Gasteiger partial charge in [0.15, 0.2) is 0 Å². The van der Waals surface area contributed by atoms with Crippen LogP contribution in [0.3, 0.4) is 0 Å². The molecule has 0 heterocycles. The predicted molar refractivity (Wildman–Crippen MR) is 83.7 cm³/mol. The third-order valence-electron chi connectivity index (χ3n) is 3.18. The highest BCUT2D eigenvalue weighted by atomic mass is 35.5. The van der Waals surface area contributed by atoms with Gasteiger partial charge in [-0.25, -0.2) is 0 Å². The smallest absolute Gasteiger partial charge is 0.319 e. The van der Waals surface area contributed by atoms with Gasteiger partial charge in [0.1, 0.15) is 0 Å². The Morgan fingerprint density at radius 1 is 0.842 bits per heavy atom. The average molecular weight is 294 g/mol. The van der Waals surface area contributed by atoms with E-state index in [0.717, 1.165) is 12.8 Å². The molecule has 0 amide bonds. The van der Waals surface area contributed by atoms with Crippen molar-refractivity contribution < 1.29 is 9.53 Å². The van der Waals surface area contributed by atoms with E-state index in [4.69, 9.17) is 10.5 Å². The second-order valence-electron chi connectivity index (χ2n) is 4.96. The molecule has 19 heavy (non-hydrogen) atoms. The van der Waals surface area contributed by atoms with Crippen LogP contribution in [0.5, 0.6) is 0 Å². The van der Waals surface area contributed by atoms with E-state index in [-0.39, 0.29) is 24.9 Å². The van der Waals surface area contributed by atoms with Crippen LogP contribution >= 0.6 is 12.4 Å². The molecular formula is C15H32ClNO2. The van der Waals surface area contributed by atoms with Crippen LogP contribution in [-0.2, 0) is 9.53 Å². The summed E-state index contributed by atoms with van der Waals surface area (Å²) >= 11 is 0. The molecule has 0 aliphatic carbocycles. The first-order valence-electron chi connectivity index (χ1n) is 7.67. The van der Waals surface area contributed by atoms with E-state index in [1.54, 1.807) is 0 Å². The summed E-state index contributed by atoms with van der Waals surface area (Å²) in [7, 11) is 0. The van der Waals surface area contributed by atoms with Crippen molar-refractivity contribution in [2.75, 3.05) is 13.2 Å². The zero-order valence-electron chi connectivity index (χ0n) is 12.5. The zero-order valence-corrected chi connectivity index (χ0v) is 13.3. The molecule has 0 bridgehead atoms. The molecule has 0 saturated heterocycles. The lowest BCUT2D eigenvalue weighted by Gasteiger charge is -2.03. The molecule has 0 atom stereocenters. The van der Waals surface area contributed by atoms with E-state index in [1.165, 1.54) is 57.8 Å². The summed E-state index contributed by atoms with van der Waals surface area (Å²) in [6.07, 6.45) is 14.4. The van der Waals surface area contributed by atoms with E-state index in [2.05, 4.69) is 6.92 Å². The molecule has 116 valence electrons. The maximum Gasteiger partial charge on any atom is 0.319 e. The van der Waals surface area contributed by atoms with Crippen molar-refractivity contribution in [2.24, 2.45) is 5.73 Å². The Hall–Kier alpha value is -0.280. The predicted octanol–water partition coefficient (Wildman–Crippen LogP) is 4.22. The molecule has 0 aliphatic rings. The van der Waals surface area contributed by atoms with Crippen molar-refractivity contribution >= 4 is 18.4 Å². The second-order valence-corrected chi connectivity index (χ2v) is 4.96. The summed E-state index contributed by atoms with van der Waals surface area (Å²) in [6.45, 7) is 2.79. The average Bonchev–Trinajstić information content (AvgIpc) is 2.39. The first-order chi connectivity index (χ1) is 8.81. The van der Waals surface area contributed by atoms with Crippen molar-refractivity contribution in [3.8, 4) is 0 Å². The quantitative estimate of drug-likeness (QED) is 0.408. The van der Waals surface area contributed by atoms with Gasteiger partial charge in [-0.05, 0) is 6.42 Å². The van der Waals surface area contributed by atoms with Crippen LogP contribution in [0.1, 0.15) is 77.6 Å². The molecule has 0 aliphatic heterocycles. The maximum absolute atomic E-state index is 10.7. The normalized spacial score (nSPS) is 10.0. The Morgan fingerprint density at radius 3 is 1.68 bits per heavy atom. The van der Waals surface area contributed by atoms with Gasteiger partial charge in [0.2, 0.25) is 0 Å². The minimum atomic E-state index is -0.290. The number of halogens is 1. The molecule has 0 saturated carbocycles. The molecule has 3 nitrogen and oxygen atoms in total. The van der Waals surface area contributed by atoms with Crippen LogP contribution < -0.4 is 5.73 Å². The number of carbonyl (C=O) groups excluding carboxylic acids is 1. The van der Waals surface area contributed by atoms with Crippen LogP contribution in [0.4, 0.5) is 0 Å². The van der Waals surface area contributed by atoms with Gasteiger partial charge in [-0.3, -0.25) is 4.79 Å². The number of hydrogen-bond donors (Lipinski definition) is 1. The molecule has 4 heteroatoms. The van der Waals surface area contributed by atoms with E-state index in [9.17, 15) is 4.79 Å². The molecule has 0 aromatic rings. The number of nitrogens with two attached hydrogens (primary N) is 1. The fourth-order valence-corrected chi connectivity index (χ4v) is 2.01. The summed E-state index contributed by atoms with van der Waals surface area (Å²) in [5.41, 5.74) is 5.14. The van der Waals surface area contributed by atoms with Crippen molar-refractivity contribution in [1.29, 1.82) is 0 Å². The topological polar surface area (TPSA) is 52.3 Å². The summed E-state index contributed by atoms with van der Waals surface area (Å²) in [5, 5.41) is 0. The standard InChI is InChI=1S/C15H31NO2.ClH/c1-2-3-4-5-6-7-8-9-10-11-12-13-18-15(17)14-16;/h2-14,16H2,1H3;1H. The Balaban J connectivity index is 0. The molecule has 0 aromatic carbocycles. The van der Waals surface area contributed by atoms with E-state index in [1.807, 2.05) is 0 Å². The first-order valence-corrected chi connectivity index (χ1v) is 7.67. The van der Waals surface area contributed by atoms with Crippen LogP contribution in [0.2, 0.25) is 0 Å². The molecular weight excluding hydrogens is 262 g/mol. The SMILES string of the molecule is CCCCCCCCCCCCCOC(=O)CN.Cl. The summed E-state index contributed by atoms with van der Waals surface area (Å²) < 4.78 is 4.91. The lowest BCUT2D eigenvalue weighted by molar-refractivity contribution is -0.142. The molecule has 0 spiro atoms. The van der Waals surface area contributed by atoms with E-state index < -0.39 is 0 Å². The summed E-state index contributed by atoms with van der Waals surface area (Å²) in [4.78, 5) is 10.7. The van der Waals surface area contributed by atoms with Gasteiger partial charge in [-0.2, -0.15) is 0 Å². The Labute approximate surface area is 125 Å². The van der Waals surface area contributed by atoms with Gasteiger partial charge in [0, 0.05) is 0 Å². The van der Waals surface area contributed by atoms with Crippen LogP contribution in [-0.4, -0.2) is 19.1 Å². The number of hydrogen-bond acceptors (Lipinski definition) is 3. The monoisotopic (exact) mass is 293 g/mol. The van der Waals surface area contributed by atoms with Crippen molar-refractivity contribution in [2.45, 2.75) is 77.6 Å². The zero-order chi connectivity index (χ0) is 13.5. The summed E-state index contributed by atoms with van der Waals surface area (Å²) in [5.74, 6) is -0.290. The largest absolute Gasteiger partial charge is 0.465 e. The fourth-order valence-electron chi connectivity index (χ4n) is 2.01. The highest BCUT2D eigenvalue weighted by Gasteiger charge is 1.97. The molecule has 0 aromatic heterocycles. The number of unbranched alkanes of at least 4 members (excludes halogenated alkanes) is 10. The third-order valence-corrected chi connectivity index (χ3v) is 3.18. The van der Waals surface area contributed by atoms with Gasteiger partial charge in [-0.15, -0.1) is 12.4 Å². The Kier molecular flexibility index (Phi) is 19.6. The highest BCUT2D eigenvalue weighted by molar-refractivity contribution is 5.85. The molecule has 0 unspecified atom stereocenters. The van der Waals surface area contributed by atoms with Gasteiger partial charge in [-0.1, -0.05) is 71.1 Å². The molecule has 2 N–H and O–H groups in total. The number of rotatable bonds is 13. The van der Waals surface area contributed by atoms with Crippen molar-refractivity contribution in [1.82, 2.24) is 0 Å². The van der Waals surface area contributed by atoms with Crippen LogP contribution in [0.25, 0.3) is 0 Å². The van der Waals surface area contributed by atoms with Gasteiger partial charge < -0.3 is 10.5 Å². The lowest BCUT2D eigenvalue weighted by Crippen LogP contribution is -2.17. The van der Waals surface area contributed by atoms with E-state index in [0.29, 0.717) is 6.61 Å². The highest BCUT2D eigenvalue weighted by Crippen LogP contribution is 2.11. The van der Waals surface area contributed by atoms with Gasteiger partial charge in [0.05, 0.1) is 13.2 Å². The van der Waals surface area contributed by atoms with E-state index >= 15 is 0 Å². The number of carbonyl (C=O) groups is 1. The van der Waals surface area contributed by atoms with Crippen molar-refractivity contribution in [3.05, 3.63) is 0 Å². The van der Waals surface area contributed by atoms with Crippen molar-refractivity contribution in [3.63, 3.8) is 0 Å². The molecule has 0 fully saturated rings.